The Labute approximate surface area is 325 Å². The van der Waals surface area contributed by atoms with E-state index in [2.05, 4.69) is 4.98 Å². The van der Waals surface area contributed by atoms with Crippen LogP contribution in [0.15, 0.2) is 109 Å². The summed E-state index contributed by atoms with van der Waals surface area (Å²) in [4.78, 5) is 63.0. The number of fused-ring (bicyclic) bond motifs is 4. The van der Waals surface area contributed by atoms with Crippen molar-refractivity contribution in [2.24, 2.45) is 23.7 Å². The first kappa shape index (κ1) is 37.2. The molecule has 0 radical (unpaired) electrons. The summed E-state index contributed by atoms with van der Waals surface area (Å²) in [6.07, 6.45) is -1.59. The summed E-state index contributed by atoms with van der Waals surface area (Å²) in [7, 11) is 1.25. The summed E-state index contributed by atoms with van der Waals surface area (Å²) < 4.78 is 46.9. The number of amides is 2. The number of ether oxygens (including phenoxy) is 1. The van der Waals surface area contributed by atoms with Crippen LogP contribution in [0.4, 0.5) is 19.0 Å². The summed E-state index contributed by atoms with van der Waals surface area (Å²) in [6, 6.07) is 24.4. The standard InChI is InChI=1S/C43H35ClF3N3O6/c1-3-56-32-16-10-15-27(38(32)53)36-25-17-18-26-35(41(55)50(40(26)54)49(2)39-31(44)19-20-33(48-39)43(45,46)47)29(25)21-30-37(52)28(23-11-6-4-7-12-23)22-34(51)42(30,36)24-13-8-5-9-14-24/h4-17,19-20,22,26,29-30,35-36,53H,3,18,21H2,1-2H3. The van der Waals surface area contributed by atoms with Crippen molar-refractivity contribution in [3.8, 4) is 11.5 Å². The summed E-state index contributed by atoms with van der Waals surface area (Å²) in [5, 5.41) is 13.4. The molecule has 3 aromatic carbocycles. The van der Waals surface area contributed by atoms with Gasteiger partial charge in [0.15, 0.2) is 28.9 Å². The first-order valence-corrected chi connectivity index (χ1v) is 18.6. The number of hydrogen-bond acceptors (Lipinski definition) is 8. The zero-order valence-electron chi connectivity index (χ0n) is 30.2. The molecule has 2 heterocycles. The fourth-order valence-electron chi connectivity index (χ4n) is 9.45. The van der Waals surface area contributed by atoms with Gasteiger partial charge in [-0.05, 0) is 61.1 Å². The van der Waals surface area contributed by atoms with E-state index in [4.69, 9.17) is 16.3 Å². The molecule has 286 valence electrons. The molecule has 1 aromatic heterocycles. The molecule has 4 aromatic rings. The van der Waals surface area contributed by atoms with Gasteiger partial charge >= 0.3 is 6.18 Å². The van der Waals surface area contributed by atoms with Crippen LogP contribution < -0.4 is 9.75 Å². The number of nitrogens with zero attached hydrogens (tertiary/aromatic N) is 3. The van der Waals surface area contributed by atoms with Crippen LogP contribution >= 0.6 is 11.6 Å². The molecule has 1 saturated heterocycles. The van der Waals surface area contributed by atoms with Gasteiger partial charge in [0, 0.05) is 30.0 Å². The number of anilines is 1. The molecule has 1 aliphatic heterocycles. The quantitative estimate of drug-likeness (QED) is 0.150. The zero-order valence-corrected chi connectivity index (χ0v) is 30.9. The van der Waals surface area contributed by atoms with Gasteiger partial charge in [-0.3, -0.25) is 24.2 Å². The summed E-state index contributed by atoms with van der Waals surface area (Å²) in [5.74, 6) is -7.48. The molecule has 4 aliphatic rings. The number of aromatic hydroxyl groups is 1. The molecular formula is C43H35ClF3N3O6. The van der Waals surface area contributed by atoms with Gasteiger partial charge in [0.05, 0.1) is 28.9 Å². The number of carbonyl (C=O) groups excluding carboxylic acids is 4. The molecule has 2 fully saturated rings. The number of alkyl halides is 3. The van der Waals surface area contributed by atoms with E-state index in [-0.39, 0.29) is 53.1 Å². The number of aromatic nitrogens is 1. The fourth-order valence-corrected chi connectivity index (χ4v) is 9.68. The number of imide groups is 1. The van der Waals surface area contributed by atoms with Crippen molar-refractivity contribution in [3.05, 3.63) is 136 Å². The first-order chi connectivity index (χ1) is 26.8. The molecule has 2 amide bonds. The number of phenols is 1. The lowest BCUT2D eigenvalue weighted by Crippen LogP contribution is -2.59. The molecule has 0 spiro atoms. The Morgan fingerprint density at radius 3 is 2.30 bits per heavy atom. The number of ketones is 2. The lowest BCUT2D eigenvalue weighted by atomic mass is 9.44. The minimum absolute atomic E-state index is 0.0157. The Morgan fingerprint density at radius 2 is 1.62 bits per heavy atom. The number of benzene rings is 3. The Bertz CT molecular complexity index is 2350. The number of pyridine rings is 1. The van der Waals surface area contributed by atoms with Gasteiger partial charge in [-0.15, -0.1) is 0 Å². The Hall–Kier alpha value is -5.75. The van der Waals surface area contributed by atoms with Crippen molar-refractivity contribution in [3.63, 3.8) is 0 Å². The predicted molar refractivity (Wildman–Crippen MR) is 200 cm³/mol. The lowest BCUT2D eigenvalue weighted by molar-refractivity contribution is -0.141. The predicted octanol–water partition coefficient (Wildman–Crippen LogP) is 7.73. The van der Waals surface area contributed by atoms with Gasteiger partial charge in [-0.25, -0.2) is 4.98 Å². The maximum Gasteiger partial charge on any atom is 0.433 e. The van der Waals surface area contributed by atoms with E-state index in [9.17, 15) is 27.9 Å². The number of allylic oxidation sites excluding steroid dienone is 4. The van der Waals surface area contributed by atoms with E-state index >= 15 is 9.59 Å². The molecule has 9 nitrogen and oxygen atoms in total. The van der Waals surface area contributed by atoms with Crippen molar-refractivity contribution < 1.29 is 42.2 Å². The van der Waals surface area contributed by atoms with Gasteiger partial charge in [0.1, 0.15) is 5.69 Å². The average Bonchev–Trinajstić information content (AvgIpc) is 3.45. The molecule has 0 bridgehead atoms. The van der Waals surface area contributed by atoms with Gasteiger partial charge in [-0.2, -0.15) is 18.2 Å². The second-order valence-electron chi connectivity index (χ2n) is 14.4. The highest BCUT2D eigenvalue weighted by atomic mass is 35.5. The van der Waals surface area contributed by atoms with Crippen LogP contribution in [0.25, 0.3) is 5.57 Å². The zero-order chi connectivity index (χ0) is 39.7. The highest BCUT2D eigenvalue weighted by molar-refractivity contribution is 6.33. The van der Waals surface area contributed by atoms with Crippen LogP contribution in [0.1, 0.15) is 48.1 Å². The lowest BCUT2D eigenvalue weighted by Gasteiger charge is -2.55. The van der Waals surface area contributed by atoms with Crippen LogP contribution in [0.3, 0.4) is 0 Å². The van der Waals surface area contributed by atoms with E-state index in [1.54, 1.807) is 85.8 Å². The number of phenolic OH excluding ortho intramolecular Hbond substituents is 1. The molecule has 8 rings (SSSR count). The molecule has 56 heavy (non-hydrogen) atoms. The van der Waals surface area contributed by atoms with Crippen LogP contribution in [0.5, 0.6) is 11.5 Å². The van der Waals surface area contributed by atoms with E-state index in [1.807, 2.05) is 6.08 Å². The second-order valence-corrected chi connectivity index (χ2v) is 14.8. The van der Waals surface area contributed by atoms with E-state index in [0.717, 1.165) is 16.1 Å². The smallest absolute Gasteiger partial charge is 0.433 e. The fraction of sp³-hybridized carbons (Fsp3) is 0.279. The Balaban J connectivity index is 1.32. The largest absolute Gasteiger partial charge is 0.504 e. The van der Waals surface area contributed by atoms with Gasteiger partial charge in [0.25, 0.3) is 11.8 Å². The first-order valence-electron chi connectivity index (χ1n) is 18.2. The molecule has 1 saturated carbocycles. The molecule has 13 heteroatoms. The van der Waals surface area contributed by atoms with Crippen LogP contribution in [-0.4, -0.2) is 52.1 Å². The third kappa shape index (κ3) is 5.56. The normalized spacial score (nSPS) is 25.9. The maximum absolute atomic E-state index is 15.2. The second kappa shape index (κ2) is 13.8. The highest BCUT2D eigenvalue weighted by Gasteiger charge is 2.66. The molecule has 3 aliphatic carbocycles. The van der Waals surface area contributed by atoms with Crippen LogP contribution in [0, 0.1) is 23.7 Å². The molecule has 6 atom stereocenters. The Kier molecular flexibility index (Phi) is 9.14. The number of rotatable bonds is 7. The summed E-state index contributed by atoms with van der Waals surface area (Å²) >= 11 is 6.32. The topological polar surface area (TPSA) is 117 Å². The van der Waals surface area contributed by atoms with Crippen molar-refractivity contribution in [1.29, 1.82) is 0 Å². The van der Waals surface area contributed by atoms with Crippen LogP contribution in [-0.2, 0) is 30.8 Å². The molecule has 6 unspecified atom stereocenters. The number of hydrazine groups is 1. The number of para-hydroxylation sites is 1. The van der Waals surface area contributed by atoms with E-state index < -0.39 is 64.5 Å². The SMILES string of the molecule is CCOc1cccc(C2C3=CCC4C(=O)N(N(C)c5nc(C(F)(F)F)ccc5Cl)C(=O)C4C3CC3C(=O)C(c4ccccc4)=CC(=O)C32c2ccccc2)c1O. The van der Waals surface area contributed by atoms with E-state index in [0.29, 0.717) is 28.3 Å². The number of carbonyl (C=O) groups is 4. The van der Waals surface area contributed by atoms with Crippen LogP contribution in [0.2, 0.25) is 5.02 Å². The van der Waals surface area contributed by atoms with Gasteiger partial charge in [-0.1, -0.05) is 96.0 Å². The van der Waals surface area contributed by atoms with Crippen molar-refractivity contribution in [2.75, 3.05) is 18.7 Å². The minimum Gasteiger partial charge on any atom is -0.504 e. The highest BCUT2D eigenvalue weighted by Crippen LogP contribution is 2.65. The average molecular weight is 782 g/mol. The number of Topliss-reactive ketones (excluding diaryl/α,β-unsaturated/α-hetero) is 1. The minimum atomic E-state index is -4.82. The number of halogens is 4. The van der Waals surface area contributed by atoms with Crippen molar-refractivity contribution in [1.82, 2.24) is 9.99 Å². The maximum atomic E-state index is 15.2. The van der Waals surface area contributed by atoms with Crippen molar-refractivity contribution >= 4 is 46.4 Å². The van der Waals surface area contributed by atoms with Gasteiger partial charge in [0.2, 0.25) is 0 Å². The summed E-state index contributed by atoms with van der Waals surface area (Å²) in [5.41, 5.74) is -0.659. The monoisotopic (exact) mass is 781 g/mol. The van der Waals surface area contributed by atoms with E-state index in [1.165, 1.54) is 13.1 Å². The third-order valence-electron chi connectivity index (χ3n) is 11.7. The molecule has 1 N–H and O–H groups in total. The summed E-state index contributed by atoms with van der Waals surface area (Å²) in [6.45, 7) is 2.00. The Morgan fingerprint density at radius 1 is 0.929 bits per heavy atom. The third-order valence-corrected chi connectivity index (χ3v) is 12.0. The van der Waals surface area contributed by atoms with Crippen molar-refractivity contribution in [2.45, 2.75) is 37.3 Å². The number of hydrogen-bond donors (Lipinski definition) is 1. The van der Waals surface area contributed by atoms with Gasteiger partial charge < -0.3 is 9.84 Å². The molecular weight excluding hydrogens is 747 g/mol.